The summed E-state index contributed by atoms with van der Waals surface area (Å²) in [6, 6.07) is 0. The number of hydrogen-bond donors (Lipinski definition) is 1. The molecule has 8 heteroatoms. The molecule has 3 saturated carbocycles. The molecule has 0 aromatic heterocycles. The lowest BCUT2D eigenvalue weighted by molar-refractivity contribution is -0.363. The van der Waals surface area contributed by atoms with Crippen LogP contribution in [0, 0.1) is 28.6 Å². The molecule has 0 aromatic rings. The molecule has 3 fully saturated rings. The van der Waals surface area contributed by atoms with E-state index in [9.17, 15) is 31.9 Å². The SMILES string of the molecule is C[C@]12C=CC(=O)C(Cl)=C1CC[C@@H]1[C@@H]2CC[C@@]2(C)[C@H]1CCC2(O)C(F)(F)C(F)(F)F. The molecule has 6 atom stereocenters. The van der Waals surface area contributed by atoms with E-state index >= 15 is 0 Å². The van der Waals surface area contributed by atoms with Gasteiger partial charge in [0.05, 0.1) is 5.03 Å². The summed E-state index contributed by atoms with van der Waals surface area (Å²) in [6.07, 6.45) is -1.44. The van der Waals surface area contributed by atoms with Crippen molar-refractivity contribution in [3.8, 4) is 0 Å². The standard InChI is InChI=1S/C21H24ClF5O2/c1-17-8-7-15(28)16(22)14(17)4-3-11-12(17)5-9-18(2)13(11)6-10-19(18,29)20(23,24)21(25,26)27/h7-8,11-13,29H,3-6,9-10H2,1-2H3/t11-,12+,13+,17-,18+,19?/m1/s1. The molecule has 0 heterocycles. The van der Waals surface area contributed by atoms with E-state index in [0.717, 1.165) is 5.57 Å². The minimum atomic E-state index is -5.80. The Morgan fingerprint density at radius 1 is 1.07 bits per heavy atom. The van der Waals surface area contributed by atoms with Gasteiger partial charge in [-0.05, 0) is 67.9 Å². The third-order valence-corrected chi connectivity index (χ3v) is 9.09. The van der Waals surface area contributed by atoms with Gasteiger partial charge in [-0.3, -0.25) is 4.79 Å². The van der Waals surface area contributed by atoms with Crippen molar-refractivity contribution < 1.29 is 31.9 Å². The number of fused-ring (bicyclic) bond motifs is 5. The van der Waals surface area contributed by atoms with Gasteiger partial charge >= 0.3 is 12.1 Å². The highest BCUT2D eigenvalue weighted by Gasteiger charge is 2.79. The Bertz CT molecular complexity index is 818. The van der Waals surface area contributed by atoms with Crippen molar-refractivity contribution in [2.24, 2.45) is 28.6 Å². The predicted molar refractivity (Wildman–Crippen MR) is 97.4 cm³/mol. The summed E-state index contributed by atoms with van der Waals surface area (Å²) >= 11 is 6.27. The van der Waals surface area contributed by atoms with E-state index in [2.05, 4.69) is 0 Å². The first-order chi connectivity index (χ1) is 13.2. The van der Waals surface area contributed by atoms with Gasteiger partial charge in [-0.25, -0.2) is 0 Å². The Labute approximate surface area is 171 Å². The first kappa shape index (κ1) is 21.3. The van der Waals surface area contributed by atoms with Crippen LogP contribution in [-0.4, -0.2) is 28.6 Å². The summed E-state index contributed by atoms with van der Waals surface area (Å²) in [5.74, 6) is -5.98. The Balaban J connectivity index is 1.73. The molecule has 2 nitrogen and oxygen atoms in total. The van der Waals surface area contributed by atoms with E-state index in [1.54, 1.807) is 0 Å². The van der Waals surface area contributed by atoms with Crippen molar-refractivity contribution in [2.75, 3.05) is 0 Å². The maximum atomic E-state index is 14.4. The molecule has 0 aromatic carbocycles. The molecule has 0 radical (unpaired) electrons. The van der Waals surface area contributed by atoms with Gasteiger partial charge in [0.25, 0.3) is 0 Å². The van der Waals surface area contributed by atoms with E-state index in [1.807, 2.05) is 13.0 Å². The van der Waals surface area contributed by atoms with Crippen molar-refractivity contribution in [1.82, 2.24) is 0 Å². The highest BCUT2D eigenvalue weighted by molar-refractivity contribution is 6.45. The summed E-state index contributed by atoms with van der Waals surface area (Å²) in [5.41, 5.74) is -4.31. The van der Waals surface area contributed by atoms with Crippen LogP contribution in [0.25, 0.3) is 0 Å². The van der Waals surface area contributed by atoms with Gasteiger partial charge in [0.1, 0.15) is 5.60 Å². The van der Waals surface area contributed by atoms with Crippen LogP contribution >= 0.6 is 11.6 Å². The van der Waals surface area contributed by atoms with Crippen LogP contribution in [0.3, 0.4) is 0 Å². The molecule has 162 valence electrons. The lowest BCUT2D eigenvalue weighted by Gasteiger charge is -2.59. The summed E-state index contributed by atoms with van der Waals surface area (Å²) in [6.45, 7) is 3.38. The highest BCUT2D eigenvalue weighted by atomic mass is 35.5. The van der Waals surface area contributed by atoms with Gasteiger partial charge in [0, 0.05) is 10.8 Å². The van der Waals surface area contributed by atoms with Gasteiger partial charge in [0.2, 0.25) is 0 Å². The van der Waals surface area contributed by atoms with Crippen LogP contribution in [0.15, 0.2) is 22.8 Å². The van der Waals surface area contributed by atoms with Crippen LogP contribution < -0.4 is 0 Å². The van der Waals surface area contributed by atoms with Crippen molar-refractivity contribution in [2.45, 2.75) is 70.1 Å². The molecule has 4 aliphatic carbocycles. The lowest BCUT2D eigenvalue weighted by atomic mass is 9.47. The second-order valence-corrected chi connectivity index (χ2v) is 9.99. The summed E-state index contributed by atoms with van der Waals surface area (Å²) in [5, 5.41) is 11.0. The molecule has 29 heavy (non-hydrogen) atoms. The molecule has 0 aliphatic heterocycles. The van der Waals surface area contributed by atoms with Gasteiger partial charge in [-0.2, -0.15) is 22.0 Å². The molecule has 1 N–H and O–H groups in total. The van der Waals surface area contributed by atoms with Crippen LogP contribution in [-0.2, 0) is 4.79 Å². The van der Waals surface area contributed by atoms with E-state index in [4.69, 9.17) is 11.6 Å². The molecule has 0 spiro atoms. The Kier molecular flexibility index (Phi) is 4.45. The quantitative estimate of drug-likeness (QED) is 0.526. The summed E-state index contributed by atoms with van der Waals surface area (Å²) < 4.78 is 68.4. The average Bonchev–Trinajstić information content (AvgIpc) is 2.90. The molecule has 0 amide bonds. The fraction of sp³-hybridized carbons (Fsp3) is 0.762. The zero-order chi connectivity index (χ0) is 21.6. The molecular weight excluding hydrogens is 415 g/mol. The van der Waals surface area contributed by atoms with E-state index in [0.29, 0.717) is 19.3 Å². The third kappa shape index (κ3) is 2.46. The largest absolute Gasteiger partial charge is 0.456 e. The van der Waals surface area contributed by atoms with Gasteiger partial charge in [0.15, 0.2) is 5.78 Å². The summed E-state index contributed by atoms with van der Waals surface area (Å²) in [7, 11) is 0. The molecule has 1 unspecified atom stereocenters. The fourth-order valence-electron chi connectivity index (χ4n) is 7.05. The Hall–Kier alpha value is -0.950. The van der Waals surface area contributed by atoms with E-state index < -0.39 is 40.9 Å². The Morgan fingerprint density at radius 3 is 2.31 bits per heavy atom. The number of rotatable bonds is 1. The fourth-order valence-corrected chi connectivity index (χ4v) is 7.41. The lowest BCUT2D eigenvalue weighted by Crippen LogP contribution is -2.65. The first-order valence-corrected chi connectivity index (χ1v) is 10.4. The second-order valence-electron chi connectivity index (χ2n) is 9.62. The highest BCUT2D eigenvalue weighted by Crippen LogP contribution is 2.70. The van der Waals surface area contributed by atoms with Crippen LogP contribution in [0.4, 0.5) is 22.0 Å². The molecule has 0 saturated heterocycles. The first-order valence-electron chi connectivity index (χ1n) is 10.0. The summed E-state index contributed by atoms with van der Waals surface area (Å²) in [4.78, 5) is 12.0. The number of aliphatic hydroxyl groups is 1. The number of allylic oxidation sites excluding steroid dienone is 4. The minimum Gasteiger partial charge on any atom is -0.383 e. The third-order valence-electron chi connectivity index (χ3n) is 8.67. The van der Waals surface area contributed by atoms with Crippen molar-refractivity contribution in [3.05, 3.63) is 22.8 Å². The van der Waals surface area contributed by atoms with Gasteiger partial charge in [-0.15, -0.1) is 0 Å². The molecule has 4 aliphatic rings. The minimum absolute atomic E-state index is 0.00992. The molecular formula is C21H24ClF5O2. The zero-order valence-electron chi connectivity index (χ0n) is 16.3. The number of alkyl halides is 5. The number of ketones is 1. The van der Waals surface area contributed by atoms with Gasteiger partial charge < -0.3 is 5.11 Å². The van der Waals surface area contributed by atoms with Crippen molar-refractivity contribution in [3.63, 3.8) is 0 Å². The number of halogens is 6. The van der Waals surface area contributed by atoms with Crippen LogP contribution in [0.2, 0.25) is 0 Å². The predicted octanol–water partition coefficient (Wildman–Crippen LogP) is 5.79. The monoisotopic (exact) mass is 438 g/mol. The number of carbonyl (C=O) groups excluding carboxylic acids is 1. The van der Waals surface area contributed by atoms with Crippen molar-refractivity contribution in [1.29, 1.82) is 0 Å². The maximum absolute atomic E-state index is 14.4. The van der Waals surface area contributed by atoms with Crippen LogP contribution in [0.1, 0.15) is 52.4 Å². The number of hydrogen-bond acceptors (Lipinski definition) is 2. The van der Waals surface area contributed by atoms with E-state index in [1.165, 1.54) is 13.0 Å². The number of carbonyl (C=O) groups is 1. The molecule has 0 bridgehead atoms. The smallest absolute Gasteiger partial charge is 0.383 e. The topological polar surface area (TPSA) is 37.3 Å². The second kappa shape index (κ2) is 6.06. The maximum Gasteiger partial charge on any atom is 0.456 e. The van der Waals surface area contributed by atoms with Crippen molar-refractivity contribution >= 4 is 17.4 Å². The zero-order valence-corrected chi connectivity index (χ0v) is 17.0. The van der Waals surface area contributed by atoms with E-state index in [-0.39, 0.29) is 35.5 Å². The van der Waals surface area contributed by atoms with Gasteiger partial charge in [-0.1, -0.05) is 31.5 Å². The Morgan fingerprint density at radius 2 is 1.69 bits per heavy atom. The normalized spacial score (nSPS) is 45.1. The molecule has 4 rings (SSSR count). The van der Waals surface area contributed by atoms with Crippen LogP contribution in [0.5, 0.6) is 0 Å². The average molecular weight is 439 g/mol.